The summed E-state index contributed by atoms with van der Waals surface area (Å²) in [5, 5.41) is 3.04. The second-order valence-electron chi connectivity index (χ2n) is 6.98. The lowest BCUT2D eigenvalue weighted by Crippen LogP contribution is -2.37. The highest BCUT2D eigenvalue weighted by Crippen LogP contribution is 2.22. The topological polar surface area (TPSA) is 41.6 Å². The first-order chi connectivity index (χ1) is 12.6. The number of anilines is 1. The van der Waals surface area contributed by atoms with E-state index in [4.69, 9.17) is 4.74 Å². The van der Waals surface area contributed by atoms with Gasteiger partial charge in [-0.25, -0.2) is 0 Å². The number of nitrogens with one attached hydrogen (secondary N) is 1. The van der Waals surface area contributed by atoms with Gasteiger partial charge in [-0.05, 0) is 69.6 Å². The molecule has 0 atom stereocenters. The molecule has 26 heavy (non-hydrogen) atoms. The Morgan fingerprint density at radius 1 is 1.08 bits per heavy atom. The highest BCUT2D eigenvalue weighted by Gasteiger charge is 2.25. The second-order valence-corrected chi connectivity index (χ2v) is 6.98. The molecule has 0 aromatic heterocycles. The number of nitrogens with zero attached hydrogens (tertiary/aromatic N) is 1. The molecule has 2 aromatic rings. The molecule has 2 aromatic carbocycles. The summed E-state index contributed by atoms with van der Waals surface area (Å²) in [7, 11) is 0. The lowest BCUT2D eigenvalue weighted by atomic mass is 9.95. The van der Waals surface area contributed by atoms with E-state index in [1.165, 1.54) is 11.1 Å². The number of benzene rings is 2. The number of carbonyl (C=O) groups excluding carboxylic acids is 1. The minimum atomic E-state index is 0.0934. The van der Waals surface area contributed by atoms with Crippen LogP contribution in [0.4, 0.5) is 5.69 Å². The third kappa shape index (κ3) is 5.09. The van der Waals surface area contributed by atoms with Crippen molar-refractivity contribution in [2.75, 3.05) is 25.0 Å². The largest absolute Gasteiger partial charge is 0.494 e. The number of carbonyl (C=O) groups is 1. The average molecular weight is 352 g/mol. The van der Waals surface area contributed by atoms with Crippen LogP contribution in [0, 0.1) is 12.8 Å². The molecular weight excluding hydrogens is 324 g/mol. The van der Waals surface area contributed by atoms with Crippen molar-refractivity contribution in [3.8, 4) is 5.75 Å². The van der Waals surface area contributed by atoms with Crippen LogP contribution in [0.3, 0.4) is 0 Å². The first kappa shape index (κ1) is 18.5. The summed E-state index contributed by atoms with van der Waals surface area (Å²) in [5.41, 5.74) is 3.46. The monoisotopic (exact) mass is 352 g/mol. The molecule has 0 spiro atoms. The number of piperidine rings is 1. The molecule has 0 aliphatic carbocycles. The molecule has 0 unspecified atom stereocenters. The lowest BCUT2D eigenvalue weighted by Gasteiger charge is -2.31. The van der Waals surface area contributed by atoms with Gasteiger partial charge >= 0.3 is 0 Å². The van der Waals surface area contributed by atoms with Gasteiger partial charge in [0.15, 0.2) is 0 Å². The molecule has 138 valence electrons. The van der Waals surface area contributed by atoms with E-state index in [0.717, 1.165) is 43.9 Å². The van der Waals surface area contributed by atoms with Crippen molar-refractivity contribution in [2.24, 2.45) is 5.92 Å². The van der Waals surface area contributed by atoms with E-state index in [9.17, 15) is 4.79 Å². The van der Waals surface area contributed by atoms with Crippen molar-refractivity contribution >= 4 is 11.6 Å². The van der Waals surface area contributed by atoms with Crippen LogP contribution in [0.25, 0.3) is 0 Å². The zero-order chi connectivity index (χ0) is 18.4. The van der Waals surface area contributed by atoms with E-state index >= 15 is 0 Å². The molecule has 1 aliphatic rings. The predicted molar refractivity (Wildman–Crippen MR) is 105 cm³/mol. The molecule has 1 N–H and O–H groups in total. The molecule has 4 nitrogen and oxygen atoms in total. The Labute approximate surface area is 156 Å². The molecule has 1 heterocycles. The zero-order valence-electron chi connectivity index (χ0n) is 15.7. The van der Waals surface area contributed by atoms with Crippen molar-refractivity contribution in [3.63, 3.8) is 0 Å². The molecule has 1 saturated heterocycles. The summed E-state index contributed by atoms with van der Waals surface area (Å²) in [4.78, 5) is 15.0. The Morgan fingerprint density at radius 3 is 2.35 bits per heavy atom. The Balaban J connectivity index is 1.46. The van der Waals surface area contributed by atoms with Gasteiger partial charge in [-0.3, -0.25) is 9.69 Å². The highest BCUT2D eigenvalue weighted by atomic mass is 16.5. The van der Waals surface area contributed by atoms with Gasteiger partial charge in [-0.1, -0.05) is 29.8 Å². The minimum absolute atomic E-state index is 0.0934. The fraction of sp³-hybridized carbons (Fsp3) is 0.409. The molecule has 0 saturated carbocycles. The quantitative estimate of drug-likeness (QED) is 0.845. The lowest BCUT2D eigenvalue weighted by molar-refractivity contribution is -0.121. The SMILES string of the molecule is CCOc1ccc(NC(=O)C2CCN(Cc3ccc(C)cc3)CC2)cc1. The van der Waals surface area contributed by atoms with Crippen LogP contribution in [0.15, 0.2) is 48.5 Å². The van der Waals surface area contributed by atoms with Crippen LogP contribution in [-0.4, -0.2) is 30.5 Å². The highest BCUT2D eigenvalue weighted by molar-refractivity contribution is 5.92. The van der Waals surface area contributed by atoms with E-state index in [2.05, 4.69) is 41.4 Å². The molecular formula is C22H28N2O2. The maximum Gasteiger partial charge on any atom is 0.227 e. The Morgan fingerprint density at radius 2 is 1.73 bits per heavy atom. The molecule has 3 rings (SSSR count). The van der Waals surface area contributed by atoms with Gasteiger partial charge in [-0.2, -0.15) is 0 Å². The molecule has 0 bridgehead atoms. The number of ether oxygens (including phenoxy) is 1. The molecule has 1 amide bonds. The molecule has 4 heteroatoms. The third-order valence-electron chi connectivity index (χ3n) is 4.92. The van der Waals surface area contributed by atoms with Crippen LogP contribution in [-0.2, 0) is 11.3 Å². The second kappa shape index (κ2) is 8.86. The fourth-order valence-corrected chi connectivity index (χ4v) is 3.35. The number of hydrogen-bond donors (Lipinski definition) is 1. The van der Waals surface area contributed by atoms with Crippen LogP contribution < -0.4 is 10.1 Å². The van der Waals surface area contributed by atoms with Crippen molar-refractivity contribution < 1.29 is 9.53 Å². The zero-order valence-corrected chi connectivity index (χ0v) is 15.7. The maximum absolute atomic E-state index is 12.5. The van der Waals surface area contributed by atoms with Crippen LogP contribution in [0.5, 0.6) is 5.75 Å². The summed E-state index contributed by atoms with van der Waals surface area (Å²) in [6, 6.07) is 16.3. The van der Waals surface area contributed by atoms with Gasteiger partial charge < -0.3 is 10.1 Å². The summed E-state index contributed by atoms with van der Waals surface area (Å²) in [6.45, 7) is 7.62. The van der Waals surface area contributed by atoms with E-state index in [1.807, 2.05) is 31.2 Å². The minimum Gasteiger partial charge on any atom is -0.494 e. The van der Waals surface area contributed by atoms with Gasteiger partial charge in [-0.15, -0.1) is 0 Å². The Hall–Kier alpha value is -2.33. The number of hydrogen-bond acceptors (Lipinski definition) is 3. The van der Waals surface area contributed by atoms with Crippen molar-refractivity contribution in [1.82, 2.24) is 4.90 Å². The Kier molecular flexibility index (Phi) is 6.29. The maximum atomic E-state index is 12.5. The fourth-order valence-electron chi connectivity index (χ4n) is 3.35. The molecule has 0 radical (unpaired) electrons. The van der Waals surface area contributed by atoms with Crippen LogP contribution in [0.2, 0.25) is 0 Å². The number of likely N-dealkylation sites (tertiary alicyclic amines) is 1. The third-order valence-corrected chi connectivity index (χ3v) is 4.92. The summed E-state index contributed by atoms with van der Waals surface area (Å²) in [6.07, 6.45) is 1.82. The van der Waals surface area contributed by atoms with E-state index in [-0.39, 0.29) is 11.8 Å². The average Bonchev–Trinajstić information content (AvgIpc) is 2.66. The van der Waals surface area contributed by atoms with Crippen LogP contribution >= 0.6 is 0 Å². The van der Waals surface area contributed by atoms with Gasteiger partial charge in [0.05, 0.1) is 6.61 Å². The van der Waals surface area contributed by atoms with Gasteiger partial charge in [0.25, 0.3) is 0 Å². The van der Waals surface area contributed by atoms with Gasteiger partial charge in [0, 0.05) is 18.2 Å². The number of amides is 1. The Bertz CT molecular complexity index is 702. The van der Waals surface area contributed by atoms with E-state index < -0.39 is 0 Å². The van der Waals surface area contributed by atoms with Crippen molar-refractivity contribution in [2.45, 2.75) is 33.2 Å². The summed E-state index contributed by atoms with van der Waals surface area (Å²) in [5.74, 6) is 1.05. The van der Waals surface area contributed by atoms with Gasteiger partial charge in [0.1, 0.15) is 5.75 Å². The summed E-state index contributed by atoms with van der Waals surface area (Å²) < 4.78 is 5.43. The number of rotatable bonds is 6. The van der Waals surface area contributed by atoms with Crippen molar-refractivity contribution in [3.05, 3.63) is 59.7 Å². The van der Waals surface area contributed by atoms with Gasteiger partial charge in [0.2, 0.25) is 5.91 Å². The smallest absolute Gasteiger partial charge is 0.227 e. The first-order valence-electron chi connectivity index (χ1n) is 9.45. The van der Waals surface area contributed by atoms with Crippen LogP contribution in [0.1, 0.15) is 30.9 Å². The predicted octanol–water partition coefficient (Wildman–Crippen LogP) is 4.24. The first-order valence-corrected chi connectivity index (χ1v) is 9.45. The summed E-state index contributed by atoms with van der Waals surface area (Å²) >= 11 is 0. The number of aryl methyl sites for hydroxylation is 1. The molecule has 1 fully saturated rings. The van der Waals surface area contributed by atoms with E-state index in [1.54, 1.807) is 0 Å². The van der Waals surface area contributed by atoms with E-state index in [0.29, 0.717) is 6.61 Å². The normalized spacial score (nSPS) is 15.6. The van der Waals surface area contributed by atoms with Crippen molar-refractivity contribution in [1.29, 1.82) is 0 Å². The molecule has 1 aliphatic heterocycles. The standard InChI is InChI=1S/C22H28N2O2/c1-3-26-21-10-8-20(9-11-21)23-22(25)19-12-14-24(15-13-19)16-18-6-4-17(2)5-7-18/h4-11,19H,3,12-16H2,1-2H3,(H,23,25).